The molecule has 1 aliphatic rings. The number of carbonyl (C=O) groups excluding carboxylic acids is 1. The molecule has 0 aromatic carbocycles. The monoisotopic (exact) mass is 268 g/mol. The Balaban J connectivity index is 1.83. The minimum atomic E-state index is -4.28. The molecule has 1 aliphatic carbocycles. The third-order valence-corrected chi connectivity index (χ3v) is 2.45. The van der Waals surface area contributed by atoms with Gasteiger partial charge in [-0.25, -0.2) is 0 Å². The van der Waals surface area contributed by atoms with E-state index < -0.39 is 18.6 Å². The van der Waals surface area contributed by atoms with Crippen LogP contribution in [0, 0.1) is 5.92 Å². The second kappa shape index (κ2) is 7.58. The minimum Gasteiger partial charge on any atom is -0.381 e. The van der Waals surface area contributed by atoms with Gasteiger partial charge in [-0.2, -0.15) is 13.2 Å². The highest BCUT2D eigenvalue weighted by atomic mass is 19.4. The second-order valence-corrected chi connectivity index (χ2v) is 4.44. The second-order valence-electron chi connectivity index (χ2n) is 4.44. The van der Waals surface area contributed by atoms with Crippen LogP contribution in [0.5, 0.6) is 0 Å². The first kappa shape index (κ1) is 15.2. The quantitative estimate of drug-likeness (QED) is 0.615. The summed E-state index contributed by atoms with van der Waals surface area (Å²) in [6, 6.07) is 0. The van der Waals surface area contributed by atoms with E-state index in [2.05, 4.69) is 5.32 Å². The van der Waals surface area contributed by atoms with Gasteiger partial charge in [0.2, 0.25) is 5.91 Å². The molecule has 0 aliphatic heterocycles. The van der Waals surface area contributed by atoms with Crippen LogP contribution in [0.3, 0.4) is 0 Å². The van der Waals surface area contributed by atoms with Gasteiger partial charge >= 0.3 is 6.18 Å². The van der Waals surface area contributed by atoms with Crippen molar-refractivity contribution in [2.45, 2.75) is 25.4 Å². The topological polar surface area (TPSA) is 50.4 Å². The van der Waals surface area contributed by atoms with E-state index in [0.717, 1.165) is 6.61 Å². The summed E-state index contributed by atoms with van der Waals surface area (Å²) in [7, 11) is 0. The van der Waals surface area contributed by atoms with E-state index in [1.807, 2.05) is 5.32 Å². The number of amides is 1. The summed E-state index contributed by atoms with van der Waals surface area (Å²) in [6.45, 7) is 0.318. The van der Waals surface area contributed by atoms with E-state index in [0.29, 0.717) is 25.5 Å². The first-order chi connectivity index (χ1) is 8.47. The Morgan fingerprint density at radius 3 is 2.67 bits per heavy atom. The molecule has 4 nitrogen and oxygen atoms in total. The Morgan fingerprint density at radius 1 is 1.33 bits per heavy atom. The van der Waals surface area contributed by atoms with Gasteiger partial charge in [0.1, 0.15) is 0 Å². The fourth-order valence-electron chi connectivity index (χ4n) is 1.32. The van der Waals surface area contributed by atoms with Crippen molar-refractivity contribution in [1.82, 2.24) is 10.6 Å². The summed E-state index contributed by atoms with van der Waals surface area (Å²) in [4.78, 5) is 11.1. The number of hydrogen-bond acceptors (Lipinski definition) is 3. The molecular formula is C11H19F3N2O2. The number of hydrogen-bond donors (Lipinski definition) is 2. The Morgan fingerprint density at radius 2 is 2.06 bits per heavy atom. The van der Waals surface area contributed by atoms with Crippen molar-refractivity contribution in [2.24, 2.45) is 5.92 Å². The van der Waals surface area contributed by atoms with Crippen molar-refractivity contribution in [3.8, 4) is 0 Å². The molecule has 0 spiro atoms. The van der Waals surface area contributed by atoms with E-state index >= 15 is 0 Å². The van der Waals surface area contributed by atoms with Crippen LogP contribution in [-0.2, 0) is 9.53 Å². The van der Waals surface area contributed by atoms with Gasteiger partial charge in [0.15, 0.2) is 0 Å². The van der Waals surface area contributed by atoms with Crippen molar-refractivity contribution < 1.29 is 22.7 Å². The van der Waals surface area contributed by atoms with Gasteiger partial charge in [0, 0.05) is 19.8 Å². The number of rotatable bonds is 9. The maximum Gasteiger partial charge on any atom is 0.401 e. The molecule has 7 heteroatoms. The number of alkyl halides is 3. The number of ether oxygens (including phenoxy) is 1. The SMILES string of the molecule is O=C(CNCC(F)(F)F)NCCCOCC1CC1. The van der Waals surface area contributed by atoms with Gasteiger partial charge in [-0.15, -0.1) is 0 Å². The van der Waals surface area contributed by atoms with E-state index in [1.165, 1.54) is 12.8 Å². The number of carbonyl (C=O) groups is 1. The highest BCUT2D eigenvalue weighted by Crippen LogP contribution is 2.28. The van der Waals surface area contributed by atoms with Crippen LogP contribution < -0.4 is 10.6 Å². The predicted octanol–water partition coefficient (Wildman–Crippen LogP) is 1.07. The van der Waals surface area contributed by atoms with E-state index in [-0.39, 0.29) is 6.54 Å². The molecule has 0 radical (unpaired) electrons. The van der Waals surface area contributed by atoms with Crippen LogP contribution in [0.2, 0.25) is 0 Å². The van der Waals surface area contributed by atoms with Crippen molar-refractivity contribution in [3.63, 3.8) is 0 Å². The Labute approximate surface area is 104 Å². The number of halogens is 3. The molecular weight excluding hydrogens is 249 g/mol. The summed E-state index contributed by atoms with van der Waals surface area (Å²) in [5.74, 6) is 0.285. The molecule has 0 aromatic heterocycles. The van der Waals surface area contributed by atoms with Gasteiger partial charge < -0.3 is 15.4 Å². The van der Waals surface area contributed by atoms with Crippen molar-refractivity contribution in [1.29, 1.82) is 0 Å². The maximum absolute atomic E-state index is 11.8. The van der Waals surface area contributed by atoms with E-state index in [4.69, 9.17) is 4.74 Å². The van der Waals surface area contributed by atoms with Crippen LogP contribution in [0.15, 0.2) is 0 Å². The molecule has 1 amide bonds. The molecule has 1 saturated carbocycles. The summed E-state index contributed by atoms with van der Waals surface area (Å²) in [6.07, 6.45) is -1.13. The van der Waals surface area contributed by atoms with Crippen LogP contribution in [0.1, 0.15) is 19.3 Å². The van der Waals surface area contributed by atoms with Crippen LogP contribution >= 0.6 is 0 Å². The van der Waals surface area contributed by atoms with Crippen LogP contribution in [0.25, 0.3) is 0 Å². The number of nitrogens with one attached hydrogen (secondary N) is 2. The average Bonchev–Trinajstić information content (AvgIpc) is 3.05. The summed E-state index contributed by atoms with van der Waals surface area (Å²) in [5.41, 5.74) is 0. The minimum absolute atomic E-state index is 0.317. The third-order valence-electron chi connectivity index (χ3n) is 2.45. The Bertz CT molecular complexity index is 255. The van der Waals surface area contributed by atoms with E-state index in [9.17, 15) is 18.0 Å². The lowest BCUT2D eigenvalue weighted by atomic mass is 10.4. The standard InChI is InChI=1S/C11H19F3N2O2/c12-11(13,14)8-15-6-10(17)16-4-1-5-18-7-9-2-3-9/h9,15H,1-8H2,(H,16,17). The Hall–Kier alpha value is -0.820. The molecule has 1 fully saturated rings. The predicted molar refractivity (Wildman–Crippen MR) is 60.1 cm³/mol. The maximum atomic E-state index is 11.8. The zero-order chi connectivity index (χ0) is 13.4. The summed E-state index contributed by atoms with van der Waals surface area (Å²) in [5, 5.41) is 4.56. The molecule has 18 heavy (non-hydrogen) atoms. The lowest BCUT2D eigenvalue weighted by Gasteiger charge is -2.09. The molecule has 0 heterocycles. The molecule has 1 rings (SSSR count). The van der Waals surface area contributed by atoms with Crippen LogP contribution in [0.4, 0.5) is 13.2 Å². The zero-order valence-electron chi connectivity index (χ0n) is 10.2. The van der Waals surface area contributed by atoms with Crippen molar-refractivity contribution in [3.05, 3.63) is 0 Å². The molecule has 0 atom stereocenters. The third kappa shape index (κ3) is 9.23. The molecule has 0 saturated heterocycles. The van der Waals surface area contributed by atoms with Crippen molar-refractivity contribution in [2.75, 3.05) is 32.8 Å². The summed E-state index contributed by atoms with van der Waals surface area (Å²) >= 11 is 0. The first-order valence-corrected chi connectivity index (χ1v) is 6.09. The van der Waals surface area contributed by atoms with Gasteiger partial charge in [0.05, 0.1) is 13.1 Å². The highest BCUT2D eigenvalue weighted by Gasteiger charge is 2.26. The fraction of sp³-hybridized carbons (Fsp3) is 0.909. The lowest BCUT2D eigenvalue weighted by molar-refractivity contribution is -0.128. The molecule has 0 aromatic rings. The largest absolute Gasteiger partial charge is 0.401 e. The molecule has 0 bridgehead atoms. The van der Waals surface area contributed by atoms with Gasteiger partial charge in [0.25, 0.3) is 0 Å². The fourth-order valence-corrected chi connectivity index (χ4v) is 1.32. The van der Waals surface area contributed by atoms with E-state index in [1.54, 1.807) is 0 Å². The highest BCUT2D eigenvalue weighted by molar-refractivity contribution is 5.77. The zero-order valence-corrected chi connectivity index (χ0v) is 10.2. The normalized spacial score (nSPS) is 15.7. The lowest BCUT2D eigenvalue weighted by Crippen LogP contribution is -2.38. The van der Waals surface area contributed by atoms with Gasteiger partial charge in [-0.05, 0) is 25.2 Å². The smallest absolute Gasteiger partial charge is 0.381 e. The summed E-state index contributed by atoms with van der Waals surface area (Å²) < 4.78 is 40.6. The molecule has 2 N–H and O–H groups in total. The van der Waals surface area contributed by atoms with Crippen LogP contribution in [-0.4, -0.2) is 44.9 Å². The Kier molecular flexibility index (Phi) is 6.42. The average molecular weight is 268 g/mol. The van der Waals surface area contributed by atoms with Gasteiger partial charge in [-0.3, -0.25) is 4.79 Å². The first-order valence-electron chi connectivity index (χ1n) is 6.09. The molecule has 106 valence electrons. The van der Waals surface area contributed by atoms with Gasteiger partial charge in [-0.1, -0.05) is 0 Å². The van der Waals surface area contributed by atoms with Crippen molar-refractivity contribution >= 4 is 5.91 Å². The molecule has 0 unspecified atom stereocenters.